The number of nitrogens with one attached hydrogen (secondary N) is 1. The minimum absolute atomic E-state index is 0.473. The SMILES string of the molecule is CCNC(c1ccnc2ccccc12)C1CCCCCC1. The van der Waals surface area contributed by atoms with Crippen molar-refractivity contribution in [3.8, 4) is 0 Å². The minimum atomic E-state index is 0.473. The third-order valence-electron chi connectivity index (χ3n) is 4.81. The summed E-state index contributed by atoms with van der Waals surface area (Å²) in [5, 5.41) is 5.08. The quantitative estimate of drug-likeness (QED) is 0.810. The molecule has 2 aromatic rings. The van der Waals surface area contributed by atoms with Gasteiger partial charge < -0.3 is 5.32 Å². The molecule has 1 unspecified atom stereocenters. The lowest BCUT2D eigenvalue weighted by Crippen LogP contribution is -2.28. The number of pyridine rings is 1. The lowest BCUT2D eigenvalue weighted by atomic mass is 9.86. The van der Waals surface area contributed by atoms with Gasteiger partial charge in [-0.25, -0.2) is 0 Å². The van der Waals surface area contributed by atoms with Crippen molar-refractivity contribution in [2.75, 3.05) is 6.54 Å². The van der Waals surface area contributed by atoms with Crippen molar-refractivity contribution in [2.45, 2.75) is 51.5 Å². The van der Waals surface area contributed by atoms with E-state index in [-0.39, 0.29) is 0 Å². The second-order valence-corrected chi connectivity index (χ2v) is 6.20. The Labute approximate surface area is 128 Å². The van der Waals surface area contributed by atoms with Gasteiger partial charge in [-0.1, -0.05) is 50.8 Å². The van der Waals surface area contributed by atoms with Gasteiger partial charge >= 0.3 is 0 Å². The summed E-state index contributed by atoms with van der Waals surface area (Å²) in [4.78, 5) is 4.52. The van der Waals surface area contributed by atoms with E-state index in [9.17, 15) is 0 Å². The van der Waals surface area contributed by atoms with Crippen molar-refractivity contribution in [1.82, 2.24) is 10.3 Å². The number of rotatable bonds is 4. The fourth-order valence-corrected chi connectivity index (χ4v) is 3.78. The fraction of sp³-hybridized carbons (Fsp3) is 0.526. The molecule has 1 fully saturated rings. The van der Waals surface area contributed by atoms with Gasteiger partial charge in [0.1, 0.15) is 0 Å². The van der Waals surface area contributed by atoms with Gasteiger partial charge in [-0.05, 0) is 43.0 Å². The summed E-state index contributed by atoms with van der Waals surface area (Å²) in [6.45, 7) is 3.24. The number of aromatic nitrogens is 1. The molecule has 0 bridgehead atoms. The van der Waals surface area contributed by atoms with Gasteiger partial charge in [0.05, 0.1) is 5.52 Å². The van der Waals surface area contributed by atoms with Crippen LogP contribution >= 0.6 is 0 Å². The Balaban J connectivity index is 1.98. The Morgan fingerprint density at radius 1 is 1.10 bits per heavy atom. The van der Waals surface area contributed by atoms with Crippen molar-refractivity contribution in [1.29, 1.82) is 0 Å². The highest BCUT2D eigenvalue weighted by molar-refractivity contribution is 5.82. The molecule has 2 nitrogen and oxygen atoms in total. The third kappa shape index (κ3) is 3.26. The first-order valence-electron chi connectivity index (χ1n) is 8.47. The Hall–Kier alpha value is -1.41. The molecule has 0 spiro atoms. The highest BCUT2D eigenvalue weighted by Crippen LogP contribution is 2.35. The van der Waals surface area contributed by atoms with Crippen LogP contribution < -0.4 is 5.32 Å². The zero-order valence-corrected chi connectivity index (χ0v) is 13.0. The van der Waals surface area contributed by atoms with Gasteiger partial charge in [0, 0.05) is 17.6 Å². The fourth-order valence-electron chi connectivity index (χ4n) is 3.78. The van der Waals surface area contributed by atoms with E-state index in [2.05, 4.69) is 47.6 Å². The van der Waals surface area contributed by atoms with Gasteiger partial charge in [0.2, 0.25) is 0 Å². The Morgan fingerprint density at radius 3 is 2.62 bits per heavy atom. The van der Waals surface area contributed by atoms with E-state index in [1.165, 1.54) is 49.5 Å². The zero-order valence-electron chi connectivity index (χ0n) is 13.0. The highest BCUT2D eigenvalue weighted by Gasteiger charge is 2.24. The van der Waals surface area contributed by atoms with Crippen molar-refractivity contribution in [3.63, 3.8) is 0 Å². The number of para-hydroxylation sites is 1. The second kappa shape index (κ2) is 7.04. The summed E-state index contributed by atoms with van der Waals surface area (Å²) < 4.78 is 0. The van der Waals surface area contributed by atoms with Gasteiger partial charge in [0.15, 0.2) is 0 Å². The smallest absolute Gasteiger partial charge is 0.0705 e. The van der Waals surface area contributed by atoms with E-state index in [0.29, 0.717) is 6.04 Å². The average Bonchev–Trinajstić information content (AvgIpc) is 2.81. The molecule has 1 N–H and O–H groups in total. The summed E-state index contributed by atoms with van der Waals surface area (Å²) in [5.74, 6) is 0.762. The first kappa shape index (κ1) is 14.5. The first-order valence-corrected chi connectivity index (χ1v) is 8.47. The van der Waals surface area contributed by atoms with Crippen LogP contribution in [0.3, 0.4) is 0 Å². The molecule has 1 aromatic heterocycles. The van der Waals surface area contributed by atoms with Crippen molar-refractivity contribution in [2.24, 2.45) is 5.92 Å². The number of benzene rings is 1. The van der Waals surface area contributed by atoms with Crippen molar-refractivity contribution in [3.05, 3.63) is 42.1 Å². The molecule has 1 atom stereocenters. The molecule has 0 aliphatic heterocycles. The zero-order chi connectivity index (χ0) is 14.5. The molecule has 0 amide bonds. The molecule has 1 aromatic carbocycles. The number of fused-ring (bicyclic) bond motifs is 1. The van der Waals surface area contributed by atoms with Gasteiger partial charge in [-0.2, -0.15) is 0 Å². The molecular formula is C19H26N2. The molecule has 1 heterocycles. The molecule has 3 rings (SSSR count). The van der Waals surface area contributed by atoms with Crippen LogP contribution in [0.4, 0.5) is 0 Å². The predicted octanol–water partition coefficient (Wildman–Crippen LogP) is 4.86. The van der Waals surface area contributed by atoms with Crippen LogP contribution in [0.1, 0.15) is 57.1 Å². The average molecular weight is 282 g/mol. The first-order chi connectivity index (χ1) is 10.4. The molecule has 1 aliphatic rings. The molecular weight excluding hydrogens is 256 g/mol. The van der Waals surface area contributed by atoms with Crippen molar-refractivity contribution < 1.29 is 0 Å². The normalized spacial score (nSPS) is 18.5. The summed E-state index contributed by atoms with van der Waals surface area (Å²) in [6.07, 6.45) is 10.3. The maximum absolute atomic E-state index is 4.52. The van der Waals surface area contributed by atoms with Gasteiger partial charge in [-0.3, -0.25) is 4.98 Å². The highest BCUT2D eigenvalue weighted by atomic mass is 14.9. The Kier molecular flexibility index (Phi) is 4.87. The molecule has 112 valence electrons. The molecule has 0 radical (unpaired) electrons. The summed E-state index contributed by atoms with van der Waals surface area (Å²) in [7, 11) is 0. The van der Waals surface area contributed by atoms with E-state index < -0.39 is 0 Å². The van der Waals surface area contributed by atoms with E-state index in [4.69, 9.17) is 0 Å². The second-order valence-electron chi connectivity index (χ2n) is 6.20. The van der Waals surface area contributed by atoms with Crippen LogP contribution in [0.2, 0.25) is 0 Å². The van der Waals surface area contributed by atoms with Crippen LogP contribution in [0.5, 0.6) is 0 Å². The number of hydrogen-bond acceptors (Lipinski definition) is 2. The van der Waals surface area contributed by atoms with Gasteiger partial charge in [0.25, 0.3) is 0 Å². The van der Waals surface area contributed by atoms with Crippen LogP contribution in [-0.4, -0.2) is 11.5 Å². The van der Waals surface area contributed by atoms with Crippen LogP contribution in [0.15, 0.2) is 36.5 Å². The topological polar surface area (TPSA) is 24.9 Å². The molecule has 21 heavy (non-hydrogen) atoms. The lowest BCUT2D eigenvalue weighted by Gasteiger charge is -2.28. The summed E-state index contributed by atoms with van der Waals surface area (Å²) in [6, 6.07) is 11.2. The van der Waals surface area contributed by atoms with E-state index >= 15 is 0 Å². The molecule has 2 heteroatoms. The summed E-state index contributed by atoms with van der Waals surface area (Å²) in [5.41, 5.74) is 2.56. The lowest BCUT2D eigenvalue weighted by molar-refractivity contribution is 0.331. The maximum Gasteiger partial charge on any atom is 0.0705 e. The predicted molar refractivity (Wildman–Crippen MR) is 89.4 cm³/mol. The Bertz CT molecular complexity index is 565. The molecule has 1 aliphatic carbocycles. The van der Waals surface area contributed by atoms with E-state index in [1.54, 1.807) is 0 Å². The van der Waals surface area contributed by atoms with E-state index in [0.717, 1.165) is 18.0 Å². The third-order valence-corrected chi connectivity index (χ3v) is 4.81. The van der Waals surface area contributed by atoms with Crippen LogP contribution in [0.25, 0.3) is 10.9 Å². The largest absolute Gasteiger partial charge is 0.310 e. The monoisotopic (exact) mass is 282 g/mol. The van der Waals surface area contributed by atoms with E-state index in [1.807, 2.05) is 6.20 Å². The Morgan fingerprint density at radius 2 is 1.86 bits per heavy atom. The number of hydrogen-bond donors (Lipinski definition) is 1. The number of nitrogens with zero attached hydrogens (tertiary/aromatic N) is 1. The molecule has 1 saturated carbocycles. The standard InChI is InChI=1S/C19H26N2/c1-2-20-19(15-9-5-3-4-6-10-15)17-13-14-21-18-12-8-7-11-16(17)18/h7-8,11-15,19-20H,2-6,9-10H2,1H3. The van der Waals surface area contributed by atoms with Crippen LogP contribution in [-0.2, 0) is 0 Å². The minimum Gasteiger partial charge on any atom is -0.310 e. The van der Waals surface area contributed by atoms with Gasteiger partial charge in [-0.15, -0.1) is 0 Å². The van der Waals surface area contributed by atoms with Crippen LogP contribution in [0, 0.1) is 5.92 Å². The molecule has 0 saturated heterocycles. The van der Waals surface area contributed by atoms with Crippen molar-refractivity contribution >= 4 is 10.9 Å². The summed E-state index contributed by atoms with van der Waals surface area (Å²) >= 11 is 0. The maximum atomic E-state index is 4.52.